The molecule has 134 valence electrons. The molecule has 0 atom stereocenters. The normalized spacial score (nSPS) is 11.0. The Balaban J connectivity index is 1.76. The van der Waals surface area contributed by atoms with E-state index in [1.165, 1.54) is 21.5 Å². The van der Waals surface area contributed by atoms with E-state index in [-0.39, 0.29) is 0 Å². The van der Waals surface area contributed by atoms with Gasteiger partial charge in [-0.1, -0.05) is 72.8 Å². The Hall–Kier alpha value is -3.10. The van der Waals surface area contributed by atoms with Gasteiger partial charge in [-0.05, 0) is 73.9 Å². The van der Waals surface area contributed by atoms with Gasteiger partial charge in [0.1, 0.15) is 0 Å². The standard InChI is InChI=1S/C26H18BrN/c27-25-17-21-10-6-7-11-22(21)18-26(25)28(23-12-2-1-3-13-23)24-15-14-19-8-4-5-9-20(19)16-24/h1-18H. The van der Waals surface area contributed by atoms with E-state index >= 15 is 0 Å². The predicted molar refractivity (Wildman–Crippen MR) is 124 cm³/mol. The third-order valence-electron chi connectivity index (χ3n) is 5.06. The van der Waals surface area contributed by atoms with Crippen LogP contribution in [0, 0.1) is 0 Å². The topological polar surface area (TPSA) is 3.24 Å². The van der Waals surface area contributed by atoms with Gasteiger partial charge in [0, 0.05) is 15.8 Å². The van der Waals surface area contributed by atoms with Crippen LogP contribution in [-0.2, 0) is 0 Å². The van der Waals surface area contributed by atoms with Crippen LogP contribution < -0.4 is 4.90 Å². The lowest BCUT2D eigenvalue weighted by molar-refractivity contribution is 1.28. The van der Waals surface area contributed by atoms with Gasteiger partial charge in [-0.2, -0.15) is 0 Å². The molecule has 0 saturated heterocycles. The second kappa shape index (κ2) is 7.14. The van der Waals surface area contributed by atoms with E-state index in [0.29, 0.717) is 0 Å². The van der Waals surface area contributed by atoms with E-state index in [1.54, 1.807) is 0 Å². The van der Waals surface area contributed by atoms with E-state index in [0.717, 1.165) is 21.5 Å². The van der Waals surface area contributed by atoms with E-state index in [2.05, 4.69) is 130 Å². The molecule has 0 spiro atoms. The average Bonchev–Trinajstić information content (AvgIpc) is 2.75. The van der Waals surface area contributed by atoms with Crippen LogP contribution in [0.3, 0.4) is 0 Å². The van der Waals surface area contributed by atoms with Gasteiger partial charge in [0.2, 0.25) is 0 Å². The van der Waals surface area contributed by atoms with Crippen molar-refractivity contribution >= 4 is 54.5 Å². The van der Waals surface area contributed by atoms with Gasteiger partial charge >= 0.3 is 0 Å². The molecule has 28 heavy (non-hydrogen) atoms. The Morgan fingerprint density at radius 3 is 1.75 bits per heavy atom. The molecular formula is C26H18BrN. The van der Waals surface area contributed by atoms with Crippen molar-refractivity contribution in [1.29, 1.82) is 0 Å². The number of benzene rings is 5. The maximum atomic E-state index is 3.82. The highest BCUT2D eigenvalue weighted by molar-refractivity contribution is 9.10. The molecule has 1 nitrogen and oxygen atoms in total. The highest BCUT2D eigenvalue weighted by atomic mass is 79.9. The second-order valence-electron chi connectivity index (χ2n) is 6.85. The summed E-state index contributed by atoms with van der Waals surface area (Å²) >= 11 is 3.82. The molecule has 5 rings (SSSR count). The van der Waals surface area contributed by atoms with Crippen molar-refractivity contribution in [2.45, 2.75) is 0 Å². The summed E-state index contributed by atoms with van der Waals surface area (Å²) in [4.78, 5) is 2.31. The summed E-state index contributed by atoms with van der Waals surface area (Å²) in [7, 11) is 0. The van der Waals surface area contributed by atoms with Crippen molar-refractivity contribution in [3.63, 3.8) is 0 Å². The molecule has 0 aliphatic carbocycles. The van der Waals surface area contributed by atoms with Crippen molar-refractivity contribution < 1.29 is 0 Å². The molecule has 0 aliphatic heterocycles. The maximum Gasteiger partial charge on any atom is 0.0610 e. The van der Waals surface area contributed by atoms with E-state index in [1.807, 2.05) is 0 Å². The number of fused-ring (bicyclic) bond motifs is 2. The lowest BCUT2D eigenvalue weighted by atomic mass is 10.1. The molecule has 0 heterocycles. The average molecular weight is 424 g/mol. The van der Waals surface area contributed by atoms with Gasteiger partial charge in [0.15, 0.2) is 0 Å². The zero-order valence-electron chi connectivity index (χ0n) is 15.2. The summed E-state index contributed by atoms with van der Waals surface area (Å²) in [6, 6.07) is 38.6. The molecule has 0 aromatic heterocycles. The van der Waals surface area contributed by atoms with Gasteiger partial charge in [-0.15, -0.1) is 0 Å². The van der Waals surface area contributed by atoms with Crippen LogP contribution in [-0.4, -0.2) is 0 Å². The predicted octanol–water partition coefficient (Wildman–Crippen LogP) is 8.23. The van der Waals surface area contributed by atoms with Crippen LogP contribution in [0.25, 0.3) is 21.5 Å². The van der Waals surface area contributed by atoms with Crippen LogP contribution in [0.2, 0.25) is 0 Å². The highest BCUT2D eigenvalue weighted by Gasteiger charge is 2.16. The molecule has 5 aromatic carbocycles. The molecule has 0 saturated carbocycles. The lowest BCUT2D eigenvalue weighted by Gasteiger charge is -2.27. The lowest BCUT2D eigenvalue weighted by Crippen LogP contribution is -2.10. The SMILES string of the molecule is Brc1cc2ccccc2cc1N(c1ccccc1)c1ccc2ccccc2c1. The van der Waals surface area contributed by atoms with E-state index < -0.39 is 0 Å². The van der Waals surface area contributed by atoms with Crippen molar-refractivity contribution in [3.05, 3.63) is 114 Å². The van der Waals surface area contributed by atoms with Crippen molar-refractivity contribution in [1.82, 2.24) is 0 Å². The smallest absolute Gasteiger partial charge is 0.0610 e. The van der Waals surface area contributed by atoms with Crippen LogP contribution in [0.1, 0.15) is 0 Å². The minimum atomic E-state index is 1.07. The molecule has 0 bridgehead atoms. The van der Waals surface area contributed by atoms with Gasteiger partial charge in [0.25, 0.3) is 0 Å². The molecular weight excluding hydrogens is 406 g/mol. The quantitative estimate of drug-likeness (QED) is 0.282. The first-order valence-corrected chi connectivity index (χ1v) is 10.1. The largest absolute Gasteiger partial charge is 0.309 e. The monoisotopic (exact) mass is 423 g/mol. The van der Waals surface area contributed by atoms with Gasteiger partial charge in [-0.25, -0.2) is 0 Å². The summed E-state index contributed by atoms with van der Waals surface area (Å²) in [5.74, 6) is 0. The fourth-order valence-corrected chi connectivity index (χ4v) is 4.23. The first kappa shape index (κ1) is 17.0. The summed E-state index contributed by atoms with van der Waals surface area (Å²) in [6.07, 6.45) is 0. The number of hydrogen-bond acceptors (Lipinski definition) is 1. The molecule has 0 unspecified atom stereocenters. The Morgan fingerprint density at radius 2 is 1.04 bits per heavy atom. The van der Waals surface area contributed by atoms with Crippen molar-refractivity contribution in [2.75, 3.05) is 4.90 Å². The zero-order valence-corrected chi connectivity index (χ0v) is 16.8. The van der Waals surface area contributed by atoms with E-state index in [9.17, 15) is 0 Å². The van der Waals surface area contributed by atoms with Gasteiger partial charge < -0.3 is 4.90 Å². The Morgan fingerprint density at radius 1 is 0.464 bits per heavy atom. The van der Waals surface area contributed by atoms with Crippen LogP contribution in [0.5, 0.6) is 0 Å². The summed E-state index contributed by atoms with van der Waals surface area (Å²) in [5.41, 5.74) is 3.40. The van der Waals surface area contributed by atoms with Crippen LogP contribution in [0.15, 0.2) is 114 Å². The third-order valence-corrected chi connectivity index (χ3v) is 5.70. The second-order valence-corrected chi connectivity index (χ2v) is 7.71. The molecule has 5 aromatic rings. The van der Waals surface area contributed by atoms with Gasteiger partial charge in [-0.3, -0.25) is 0 Å². The maximum absolute atomic E-state index is 3.82. The number of hydrogen-bond donors (Lipinski definition) is 0. The number of nitrogens with zero attached hydrogens (tertiary/aromatic N) is 1. The fraction of sp³-hybridized carbons (Fsp3) is 0. The minimum absolute atomic E-state index is 1.07. The highest BCUT2D eigenvalue weighted by Crippen LogP contribution is 2.41. The van der Waals surface area contributed by atoms with E-state index in [4.69, 9.17) is 0 Å². The van der Waals surface area contributed by atoms with Crippen LogP contribution in [0.4, 0.5) is 17.1 Å². The number of halogens is 1. The fourth-order valence-electron chi connectivity index (χ4n) is 3.69. The summed E-state index contributed by atoms with van der Waals surface area (Å²) in [5, 5.41) is 4.93. The molecule has 0 aliphatic rings. The Bertz CT molecular complexity index is 1280. The zero-order chi connectivity index (χ0) is 18.9. The van der Waals surface area contributed by atoms with Gasteiger partial charge in [0.05, 0.1) is 5.69 Å². The summed E-state index contributed by atoms with van der Waals surface area (Å²) in [6.45, 7) is 0. The Labute approximate surface area is 173 Å². The van der Waals surface area contributed by atoms with Crippen molar-refractivity contribution in [2.24, 2.45) is 0 Å². The molecule has 0 N–H and O–H groups in total. The number of anilines is 3. The summed E-state index contributed by atoms with van der Waals surface area (Å²) < 4.78 is 1.07. The third kappa shape index (κ3) is 3.06. The number of rotatable bonds is 3. The first-order valence-electron chi connectivity index (χ1n) is 9.32. The molecule has 2 heteroatoms. The molecule has 0 amide bonds. The minimum Gasteiger partial charge on any atom is -0.309 e. The Kier molecular flexibility index (Phi) is 4.34. The van der Waals surface area contributed by atoms with Crippen LogP contribution >= 0.6 is 15.9 Å². The first-order chi connectivity index (χ1) is 13.8. The van der Waals surface area contributed by atoms with Crippen molar-refractivity contribution in [3.8, 4) is 0 Å². The molecule has 0 radical (unpaired) electrons. The molecule has 0 fully saturated rings. The number of para-hydroxylation sites is 1.